The lowest BCUT2D eigenvalue weighted by molar-refractivity contribution is -2.00. The molecule has 0 bridgehead atoms. The van der Waals surface area contributed by atoms with E-state index < -0.39 is 10.2 Å². The molecule has 0 unspecified atom stereocenters. The molecule has 7 heteroatoms. The summed E-state index contributed by atoms with van der Waals surface area (Å²) in [6, 6.07) is 8.40. The summed E-state index contributed by atoms with van der Waals surface area (Å²) in [6.07, 6.45) is 0. The molecule has 0 amide bonds. The van der Waals surface area contributed by atoms with Crippen LogP contribution in [-0.2, 0) is 7.05 Å². The van der Waals surface area contributed by atoms with Gasteiger partial charge in [0.1, 0.15) is 11.7 Å². The van der Waals surface area contributed by atoms with E-state index in [1.807, 2.05) is 0 Å². The van der Waals surface area contributed by atoms with Gasteiger partial charge in [-0.05, 0) is 6.07 Å². The van der Waals surface area contributed by atoms with Crippen molar-refractivity contribution in [3.8, 4) is 0 Å². The van der Waals surface area contributed by atoms with Crippen LogP contribution in [0.1, 0.15) is 0 Å². The molecular weight excluding hydrogens is 242 g/mol. The van der Waals surface area contributed by atoms with Gasteiger partial charge in [-0.1, -0.05) is 23.5 Å². The smallest absolute Gasteiger partial charge is 0.222 e. The van der Waals surface area contributed by atoms with Crippen molar-refractivity contribution in [1.82, 2.24) is 0 Å². The molecule has 0 saturated carbocycles. The second-order valence-electron chi connectivity index (χ2n) is 2.68. The molecule has 0 fully saturated rings. The lowest BCUT2D eigenvalue weighted by atomic mass is 10.3. The molecule has 1 aromatic carbocycles. The molecule has 0 aliphatic rings. The highest BCUT2D eigenvalue weighted by Crippen LogP contribution is 2.13. The molecular formula is C8H8ClNO4S. The van der Waals surface area contributed by atoms with E-state index >= 15 is 0 Å². The van der Waals surface area contributed by atoms with E-state index in [1.165, 1.54) is 10.2 Å². The number of aryl methyl sites for hydroxylation is 1. The largest absolute Gasteiger partial charge is 0.225 e. The van der Waals surface area contributed by atoms with E-state index in [9.17, 15) is 0 Å². The van der Waals surface area contributed by atoms with Crippen LogP contribution in [0, 0.1) is 10.2 Å². The van der Waals surface area contributed by atoms with Gasteiger partial charge in [0.2, 0.25) is 11.0 Å². The van der Waals surface area contributed by atoms with E-state index in [0.717, 1.165) is 0 Å². The van der Waals surface area contributed by atoms with Gasteiger partial charge in [0, 0.05) is 6.07 Å². The van der Waals surface area contributed by atoms with Crippen molar-refractivity contribution in [3.05, 3.63) is 29.8 Å². The average Bonchev–Trinajstić information content (AvgIpc) is 2.46. The first-order valence-corrected chi connectivity index (χ1v) is 5.93. The number of nitrogens with zero attached hydrogens (tertiary/aromatic N) is 1. The van der Waals surface area contributed by atoms with E-state index in [0.29, 0.717) is 0 Å². The number of rotatable bonds is 0. The molecule has 0 saturated heterocycles. The summed E-state index contributed by atoms with van der Waals surface area (Å²) in [4.78, 5) is 0. The van der Waals surface area contributed by atoms with E-state index in [4.69, 9.17) is 18.6 Å². The zero-order chi connectivity index (χ0) is 11.5. The van der Waals surface area contributed by atoms with E-state index in [2.05, 4.69) is 41.4 Å². The Hall–Kier alpha value is -0.760. The predicted octanol–water partition coefficient (Wildman–Crippen LogP) is -3.03. The summed E-state index contributed by atoms with van der Waals surface area (Å²) < 4.78 is 37.5. The number of thiazole rings is 1. The Bertz CT molecular complexity index is 433. The fourth-order valence-corrected chi connectivity index (χ4v) is 1.92. The second kappa shape index (κ2) is 4.84. The van der Waals surface area contributed by atoms with Gasteiger partial charge in [0.15, 0.2) is 0 Å². The average molecular weight is 250 g/mol. The molecule has 1 heterocycles. The maximum Gasteiger partial charge on any atom is 0.225 e. The van der Waals surface area contributed by atoms with Crippen LogP contribution in [0.25, 0.3) is 10.2 Å². The highest BCUT2D eigenvalue weighted by atomic mass is 35.7. The number of hydrogen-bond acceptors (Lipinski definition) is 5. The maximum absolute atomic E-state index is 8.49. The molecule has 15 heavy (non-hydrogen) atoms. The van der Waals surface area contributed by atoms with E-state index in [1.54, 1.807) is 11.3 Å². The maximum atomic E-state index is 8.49. The number of benzene rings is 1. The van der Waals surface area contributed by atoms with Crippen LogP contribution < -0.4 is 23.2 Å². The molecule has 0 aliphatic carbocycles. The van der Waals surface area contributed by atoms with Gasteiger partial charge in [0.25, 0.3) is 0 Å². The third-order valence-corrected chi connectivity index (χ3v) is 2.60. The van der Waals surface area contributed by atoms with Gasteiger partial charge >= 0.3 is 0 Å². The van der Waals surface area contributed by atoms with Gasteiger partial charge in [-0.2, -0.15) is 4.57 Å². The Balaban J connectivity index is 0.000000195. The van der Waals surface area contributed by atoms with Crippen LogP contribution in [0.5, 0.6) is 0 Å². The van der Waals surface area contributed by atoms with Gasteiger partial charge in [-0.15, -0.1) is 10.2 Å². The van der Waals surface area contributed by atoms with Gasteiger partial charge in [-0.3, -0.25) is 0 Å². The van der Waals surface area contributed by atoms with Crippen molar-refractivity contribution in [2.45, 2.75) is 0 Å². The first kappa shape index (κ1) is 12.3. The quantitative estimate of drug-likeness (QED) is 0.464. The number of halogens is 1. The molecule has 0 spiro atoms. The summed E-state index contributed by atoms with van der Waals surface area (Å²) >= 11 is 1.78. The van der Waals surface area contributed by atoms with Crippen molar-refractivity contribution in [1.29, 1.82) is 0 Å². The van der Waals surface area contributed by atoms with Crippen molar-refractivity contribution < 1.29 is 33.4 Å². The summed E-state index contributed by atoms with van der Waals surface area (Å²) in [5.74, 6) is 0. The van der Waals surface area contributed by atoms with Gasteiger partial charge in [-0.25, -0.2) is 18.6 Å². The van der Waals surface area contributed by atoms with E-state index in [-0.39, 0.29) is 0 Å². The lowest BCUT2D eigenvalue weighted by Gasteiger charge is -2.17. The molecule has 0 aliphatic heterocycles. The summed E-state index contributed by atoms with van der Waals surface area (Å²) in [7, 11) is -2.88. The van der Waals surface area contributed by atoms with Crippen molar-refractivity contribution in [2.24, 2.45) is 7.05 Å². The molecule has 0 N–H and O–H groups in total. The van der Waals surface area contributed by atoms with Gasteiger partial charge in [0.05, 0.1) is 0 Å². The third kappa shape index (κ3) is 4.52. The molecule has 2 aromatic rings. The SMILES string of the molecule is C[n+]1csc2ccccc21.[O-][Cl+3]([O-])([O-])[O-]. The van der Waals surface area contributed by atoms with Crippen molar-refractivity contribution in [3.63, 3.8) is 0 Å². The van der Waals surface area contributed by atoms with Crippen molar-refractivity contribution >= 4 is 21.6 Å². The van der Waals surface area contributed by atoms with Crippen LogP contribution in [-0.4, -0.2) is 0 Å². The van der Waals surface area contributed by atoms with Crippen molar-refractivity contribution in [2.75, 3.05) is 0 Å². The number of aromatic nitrogens is 1. The fourth-order valence-electron chi connectivity index (χ4n) is 1.04. The highest BCUT2D eigenvalue weighted by molar-refractivity contribution is 7.16. The molecule has 5 nitrogen and oxygen atoms in total. The number of para-hydroxylation sites is 1. The normalized spacial score (nSPS) is 11.0. The van der Waals surface area contributed by atoms with Crippen LogP contribution >= 0.6 is 11.3 Å². The zero-order valence-corrected chi connectivity index (χ0v) is 9.33. The third-order valence-electron chi connectivity index (χ3n) is 1.58. The molecule has 2 rings (SSSR count). The summed E-state index contributed by atoms with van der Waals surface area (Å²) in [5.41, 5.74) is 3.43. The molecule has 82 valence electrons. The van der Waals surface area contributed by atoms with Crippen LogP contribution in [0.3, 0.4) is 0 Å². The lowest BCUT2D eigenvalue weighted by Crippen LogP contribution is -2.68. The summed E-state index contributed by atoms with van der Waals surface area (Å²) in [5, 5.41) is 0. The Kier molecular flexibility index (Phi) is 3.97. The molecule has 0 radical (unpaired) electrons. The second-order valence-corrected chi connectivity index (χ2v) is 4.32. The van der Waals surface area contributed by atoms with Crippen LogP contribution in [0.15, 0.2) is 29.8 Å². The zero-order valence-electron chi connectivity index (χ0n) is 7.75. The first-order valence-electron chi connectivity index (χ1n) is 3.81. The Morgan fingerprint density at radius 3 is 2.20 bits per heavy atom. The Labute approximate surface area is 92.2 Å². The minimum Gasteiger partial charge on any atom is -0.222 e. The highest BCUT2D eigenvalue weighted by Gasteiger charge is 2.03. The molecule has 1 aromatic heterocycles. The Morgan fingerprint density at radius 1 is 1.13 bits per heavy atom. The van der Waals surface area contributed by atoms with Gasteiger partial charge < -0.3 is 0 Å². The van der Waals surface area contributed by atoms with Crippen LogP contribution in [0.2, 0.25) is 0 Å². The number of fused-ring (bicyclic) bond motifs is 1. The Morgan fingerprint density at radius 2 is 1.67 bits per heavy atom. The standard InChI is InChI=1S/C8H8NS.ClHO4/c1-9-6-10-8-5-3-2-4-7(8)9;2-1(3,4)5/h2-6H,1H3;(H,2,3,4,5)/q+1;/p-1. The fraction of sp³-hybridized carbons (Fsp3) is 0.125. The minimum absolute atomic E-state index is 1.31. The first-order chi connectivity index (χ1) is 6.88. The predicted molar refractivity (Wildman–Crippen MR) is 43.0 cm³/mol. The number of hydrogen-bond donors (Lipinski definition) is 0. The molecule has 0 atom stereocenters. The topological polar surface area (TPSA) is 96.1 Å². The monoisotopic (exact) mass is 249 g/mol. The minimum atomic E-state index is -4.94. The summed E-state index contributed by atoms with van der Waals surface area (Å²) in [6.45, 7) is 0. The van der Waals surface area contributed by atoms with Crippen LogP contribution in [0.4, 0.5) is 0 Å².